The maximum Gasteiger partial charge on any atom is 0.401 e. The van der Waals surface area contributed by atoms with Gasteiger partial charge in [0.05, 0.1) is 13.7 Å². The molecule has 0 spiro atoms. The van der Waals surface area contributed by atoms with Crippen molar-refractivity contribution in [2.24, 2.45) is 0 Å². The van der Waals surface area contributed by atoms with E-state index in [1.54, 1.807) is 19.2 Å². The highest BCUT2D eigenvalue weighted by molar-refractivity contribution is 5.31. The minimum Gasteiger partial charge on any atom is -0.497 e. The zero-order valence-electron chi connectivity index (χ0n) is 10.8. The van der Waals surface area contributed by atoms with Crippen molar-refractivity contribution in [3.8, 4) is 5.75 Å². The Kier molecular flexibility index (Phi) is 4.62. The number of methoxy groups -OCH3 is 1. The second-order valence-electron chi connectivity index (χ2n) is 4.83. The largest absolute Gasteiger partial charge is 0.497 e. The van der Waals surface area contributed by atoms with Gasteiger partial charge in [0.1, 0.15) is 5.75 Å². The number of nitrogens with one attached hydrogen (secondary N) is 1. The van der Waals surface area contributed by atoms with Crippen LogP contribution < -0.4 is 10.1 Å². The molecule has 0 atom stereocenters. The number of hydrogen-bond acceptors (Lipinski definition) is 2. The molecule has 1 N–H and O–H groups in total. The fourth-order valence-corrected chi connectivity index (χ4v) is 1.66. The summed E-state index contributed by atoms with van der Waals surface area (Å²) in [7, 11) is 1.57. The highest BCUT2D eigenvalue weighted by Gasteiger charge is 2.28. The summed E-state index contributed by atoms with van der Waals surface area (Å²) in [5.41, 5.74) is 0.607. The Balaban J connectivity index is 2.61. The molecule has 2 nitrogen and oxygen atoms in total. The quantitative estimate of drug-likeness (QED) is 0.879. The van der Waals surface area contributed by atoms with Crippen LogP contribution in [0.3, 0.4) is 0 Å². The molecule has 0 aliphatic rings. The highest BCUT2D eigenvalue weighted by atomic mass is 19.4. The molecule has 0 aromatic heterocycles. The molecule has 0 bridgehead atoms. The standard InChI is InChI=1S/C13H18F3NO/c1-12(2,8-17-9-13(14,15)16)10-4-6-11(18-3)7-5-10/h4-7,17H,8-9H2,1-3H3. The van der Waals surface area contributed by atoms with Gasteiger partial charge in [-0.15, -0.1) is 0 Å². The van der Waals surface area contributed by atoms with Crippen molar-refractivity contribution >= 4 is 0 Å². The monoisotopic (exact) mass is 261 g/mol. The third-order valence-corrected chi connectivity index (χ3v) is 2.76. The van der Waals surface area contributed by atoms with Crippen LogP contribution in [0, 0.1) is 0 Å². The van der Waals surface area contributed by atoms with E-state index in [1.165, 1.54) is 0 Å². The Morgan fingerprint density at radius 2 is 1.61 bits per heavy atom. The van der Waals surface area contributed by atoms with Gasteiger partial charge < -0.3 is 10.1 Å². The summed E-state index contributed by atoms with van der Waals surface area (Å²) in [5, 5.41) is 2.44. The van der Waals surface area contributed by atoms with Crippen molar-refractivity contribution in [1.82, 2.24) is 5.32 Å². The first-order valence-electron chi connectivity index (χ1n) is 5.66. The van der Waals surface area contributed by atoms with Crippen LogP contribution in [0.25, 0.3) is 0 Å². The zero-order valence-corrected chi connectivity index (χ0v) is 10.8. The van der Waals surface area contributed by atoms with Gasteiger partial charge >= 0.3 is 6.18 Å². The molecule has 18 heavy (non-hydrogen) atoms. The van der Waals surface area contributed by atoms with E-state index in [-0.39, 0.29) is 12.0 Å². The Labute approximate surface area is 105 Å². The van der Waals surface area contributed by atoms with Gasteiger partial charge in [0, 0.05) is 12.0 Å². The van der Waals surface area contributed by atoms with E-state index in [1.807, 2.05) is 26.0 Å². The van der Waals surface area contributed by atoms with E-state index >= 15 is 0 Å². The SMILES string of the molecule is COc1ccc(C(C)(C)CNCC(F)(F)F)cc1. The second kappa shape index (κ2) is 5.61. The van der Waals surface area contributed by atoms with Crippen LogP contribution in [-0.4, -0.2) is 26.4 Å². The summed E-state index contributed by atoms with van der Waals surface area (Å²) in [6.45, 7) is 3.10. The van der Waals surface area contributed by atoms with E-state index in [9.17, 15) is 13.2 Å². The Morgan fingerprint density at radius 1 is 1.06 bits per heavy atom. The maximum absolute atomic E-state index is 12.1. The fraction of sp³-hybridized carbons (Fsp3) is 0.538. The van der Waals surface area contributed by atoms with Crippen LogP contribution in [0.2, 0.25) is 0 Å². The van der Waals surface area contributed by atoms with Gasteiger partial charge in [-0.2, -0.15) is 13.2 Å². The van der Waals surface area contributed by atoms with Gasteiger partial charge in [-0.25, -0.2) is 0 Å². The van der Waals surface area contributed by atoms with E-state index in [2.05, 4.69) is 5.32 Å². The Bertz CT molecular complexity index is 371. The summed E-state index contributed by atoms with van der Waals surface area (Å²) in [6.07, 6.45) is -4.17. The number of hydrogen-bond donors (Lipinski definition) is 1. The molecule has 1 rings (SSSR count). The van der Waals surface area contributed by atoms with Crippen LogP contribution in [0.15, 0.2) is 24.3 Å². The van der Waals surface area contributed by atoms with E-state index in [0.29, 0.717) is 0 Å². The minimum absolute atomic E-state index is 0.263. The average Bonchev–Trinajstić information content (AvgIpc) is 2.27. The molecule has 0 aliphatic carbocycles. The summed E-state index contributed by atoms with van der Waals surface area (Å²) in [4.78, 5) is 0. The smallest absolute Gasteiger partial charge is 0.401 e. The molecular formula is C13H18F3NO. The molecule has 5 heteroatoms. The fourth-order valence-electron chi connectivity index (χ4n) is 1.66. The van der Waals surface area contributed by atoms with Gasteiger partial charge in [-0.1, -0.05) is 26.0 Å². The van der Waals surface area contributed by atoms with E-state index in [0.717, 1.165) is 11.3 Å². The first kappa shape index (κ1) is 14.8. The highest BCUT2D eigenvalue weighted by Crippen LogP contribution is 2.25. The lowest BCUT2D eigenvalue weighted by atomic mass is 9.84. The van der Waals surface area contributed by atoms with Gasteiger partial charge in [-0.3, -0.25) is 0 Å². The van der Waals surface area contributed by atoms with Crippen molar-refractivity contribution in [3.05, 3.63) is 29.8 Å². The molecule has 0 saturated carbocycles. The van der Waals surface area contributed by atoms with Gasteiger partial charge in [-0.05, 0) is 17.7 Å². The summed E-state index contributed by atoms with van der Waals surface area (Å²) in [6, 6.07) is 7.35. The minimum atomic E-state index is -4.17. The zero-order chi connectivity index (χ0) is 13.8. The lowest BCUT2D eigenvalue weighted by Crippen LogP contribution is -2.38. The van der Waals surface area contributed by atoms with Gasteiger partial charge in [0.25, 0.3) is 0 Å². The average molecular weight is 261 g/mol. The number of alkyl halides is 3. The lowest BCUT2D eigenvalue weighted by molar-refractivity contribution is -0.125. The van der Waals surface area contributed by atoms with Crippen LogP contribution in [0.1, 0.15) is 19.4 Å². The molecule has 102 valence electrons. The summed E-state index contributed by atoms with van der Waals surface area (Å²) >= 11 is 0. The number of halogens is 3. The summed E-state index contributed by atoms with van der Waals surface area (Å²) < 4.78 is 41.2. The normalized spacial score (nSPS) is 12.6. The topological polar surface area (TPSA) is 21.3 Å². The molecule has 0 radical (unpaired) electrons. The molecule has 0 saturated heterocycles. The number of ether oxygens (including phenoxy) is 1. The van der Waals surface area contributed by atoms with E-state index < -0.39 is 12.7 Å². The molecule has 1 aromatic rings. The van der Waals surface area contributed by atoms with Crippen molar-refractivity contribution in [2.75, 3.05) is 20.2 Å². The molecule has 0 heterocycles. The number of benzene rings is 1. The van der Waals surface area contributed by atoms with Gasteiger partial charge in [0.15, 0.2) is 0 Å². The lowest BCUT2D eigenvalue weighted by Gasteiger charge is -2.26. The van der Waals surface area contributed by atoms with E-state index in [4.69, 9.17) is 4.74 Å². The second-order valence-corrected chi connectivity index (χ2v) is 4.83. The third kappa shape index (κ3) is 4.56. The van der Waals surface area contributed by atoms with Crippen molar-refractivity contribution in [3.63, 3.8) is 0 Å². The molecule has 0 aliphatic heterocycles. The first-order chi connectivity index (χ1) is 8.24. The van der Waals surface area contributed by atoms with Crippen LogP contribution in [-0.2, 0) is 5.41 Å². The first-order valence-corrected chi connectivity index (χ1v) is 5.66. The van der Waals surface area contributed by atoms with Crippen molar-refractivity contribution in [1.29, 1.82) is 0 Å². The molecule has 0 unspecified atom stereocenters. The maximum atomic E-state index is 12.1. The Hall–Kier alpha value is -1.23. The predicted octanol–water partition coefficient (Wildman–Crippen LogP) is 3.12. The molecule has 0 amide bonds. The van der Waals surface area contributed by atoms with Crippen molar-refractivity contribution in [2.45, 2.75) is 25.4 Å². The van der Waals surface area contributed by atoms with Gasteiger partial charge in [0.2, 0.25) is 0 Å². The molecular weight excluding hydrogens is 243 g/mol. The molecule has 1 aromatic carbocycles. The van der Waals surface area contributed by atoms with Crippen LogP contribution in [0.4, 0.5) is 13.2 Å². The van der Waals surface area contributed by atoms with Crippen LogP contribution in [0.5, 0.6) is 5.75 Å². The van der Waals surface area contributed by atoms with Crippen molar-refractivity contribution < 1.29 is 17.9 Å². The Morgan fingerprint density at radius 3 is 2.06 bits per heavy atom. The molecule has 0 fully saturated rings. The third-order valence-electron chi connectivity index (χ3n) is 2.76. The predicted molar refractivity (Wildman–Crippen MR) is 64.9 cm³/mol. The van der Waals surface area contributed by atoms with Crippen LogP contribution >= 0.6 is 0 Å². The summed E-state index contributed by atoms with van der Waals surface area (Å²) in [5.74, 6) is 0.734. The number of rotatable bonds is 5.